The van der Waals surface area contributed by atoms with Gasteiger partial charge in [0.1, 0.15) is 11.7 Å². The Kier molecular flexibility index (Phi) is 6.10. The van der Waals surface area contributed by atoms with Gasteiger partial charge in [-0.2, -0.15) is 0 Å². The first-order valence-corrected chi connectivity index (χ1v) is 13.4. The maximum atomic E-state index is 12.2. The van der Waals surface area contributed by atoms with Crippen molar-refractivity contribution in [2.75, 3.05) is 7.05 Å². The fourth-order valence-electron chi connectivity index (χ4n) is 5.91. The van der Waals surface area contributed by atoms with E-state index in [1.165, 1.54) is 12.1 Å². The van der Waals surface area contributed by atoms with E-state index in [0.29, 0.717) is 18.2 Å². The van der Waals surface area contributed by atoms with Crippen LogP contribution in [-0.2, 0) is 13.0 Å². The van der Waals surface area contributed by atoms with Crippen LogP contribution in [0, 0.1) is 6.92 Å². The highest BCUT2D eigenvalue weighted by Crippen LogP contribution is 2.33. The van der Waals surface area contributed by atoms with Crippen molar-refractivity contribution >= 4 is 22.8 Å². The molecular formula is C32H32N4O2. The molecule has 1 N–H and O–H groups in total. The fraction of sp³-hybridized carbons (Fsp3) is 0.281. The predicted octanol–water partition coefficient (Wildman–Crippen LogP) is 6.45. The number of aromatic nitrogens is 2. The average molecular weight is 505 g/mol. The van der Waals surface area contributed by atoms with E-state index in [9.17, 15) is 9.90 Å². The second-order valence-corrected chi connectivity index (χ2v) is 10.3. The number of imidazole rings is 1. The van der Waals surface area contributed by atoms with Crippen molar-refractivity contribution < 1.29 is 9.90 Å². The Balaban J connectivity index is 1.43. The van der Waals surface area contributed by atoms with Crippen LogP contribution in [0.2, 0.25) is 0 Å². The highest BCUT2D eigenvalue weighted by molar-refractivity contribution is 6.04. The summed E-state index contributed by atoms with van der Waals surface area (Å²) in [6, 6.07) is 20.2. The van der Waals surface area contributed by atoms with Crippen LogP contribution in [-0.4, -0.2) is 44.5 Å². The minimum Gasteiger partial charge on any atom is -0.478 e. The van der Waals surface area contributed by atoms with Crippen molar-refractivity contribution in [2.45, 2.75) is 52.1 Å². The monoisotopic (exact) mass is 504 g/mol. The van der Waals surface area contributed by atoms with E-state index in [1.54, 1.807) is 6.07 Å². The molecule has 0 amide bonds. The van der Waals surface area contributed by atoms with Gasteiger partial charge in [0.05, 0.1) is 28.3 Å². The summed E-state index contributed by atoms with van der Waals surface area (Å²) in [4.78, 5) is 24.6. The highest BCUT2D eigenvalue weighted by atomic mass is 16.4. The van der Waals surface area contributed by atoms with E-state index < -0.39 is 5.97 Å². The Hall–Kier alpha value is -4.19. The zero-order valence-corrected chi connectivity index (χ0v) is 22.1. The molecule has 0 spiro atoms. The molecule has 0 saturated carbocycles. The molecule has 6 nitrogen and oxygen atoms in total. The molecule has 3 aromatic carbocycles. The van der Waals surface area contributed by atoms with Crippen LogP contribution in [0.5, 0.6) is 0 Å². The van der Waals surface area contributed by atoms with Gasteiger partial charge in [0.15, 0.2) is 0 Å². The van der Waals surface area contributed by atoms with Crippen molar-refractivity contribution in [1.29, 1.82) is 0 Å². The minimum absolute atomic E-state index is 0.311. The maximum absolute atomic E-state index is 12.2. The smallest absolute Gasteiger partial charge is 0.336 e. The lowest BCUT2D eigenvalue weighted by Gasteiger charge is -2.26. The fourth-order valence-corrected chi connectivity index (χ4v) is 5.91. The summed E-state index contributed by atoms with van der Waals surface area (Å²) in [6.45, 7) is 4.77. The molecule has 1 unspecified atom stereocenters. The number of amidine groups is 1. The van der Waals surface area contributed by atoms with Gasteiger partial charge in [-0.05, 0) is 66.6 Å². The lowest BCUT2D eigenvalue weighted by Crippen LogP contribution is -2.33. The molecule has 0 bridgehead atoms. The summed E-state index contributed by atoms with van der Waals surface area (Å²) in [5.41, 5.74) is 8.33. The Morgan fingerprint density at radius 3 is 2.63 bits per heavy atom. The number of benzene rings is 3. The van der Waals surface area contributed by atoms with Crippen LogP contribution < -0.4 is 0 Å². The predicted molar refractivity (Wildman–Crippen MR) is 152 cm³/mol. The van der Waals surface area contributed by atoms with Gasteiger partial charge in [-0.3, -0.25) is 0 Å². The van der Waals surface area contributed by atoms with Crippen molar-refractivity contribution in [2.24, 2.45) is 4.99 Å². The van der Waals surface area contributed by atoms with Crippen molar-refractivity contribution in [3.05, 3.63) is 101 Å². The molecule has 1 aromatic heterocycles. The number of likely N-dealkylation sites (N-methyl/N-ethyl adjacent to an activating group) is 1. The van der Waals surface area contributed by atoms with Crippen LogP contribution in [0.3, 0.4) is 0 Å². The van der Waals surface area contributed by atoms with Crippen molar-refractivity contribution in [3.8, 4) is 11.1 Å². The molecule has 38 heavy (non-hydrogen) atoms. The Morgan fingerprint density at radius 2 is 1.89 bits per heavy atom. The molecule has 1 aliphatic heterocycles. The number of rotatable bonds is 6. The first kappa shape index (κ1) is 24.2. The van der Waals surface area contributed by atoms with Gasteiger partial charge >= 0.3 is 5.97 Å². The molecular weight excluding hydrogens is 472 g/mol. The maximum Gasteiger partial charge on any atom is 0.336 e. The molecule has 2 aliphatic rings. The van der Waals surface area contributed by atoms with Crippen LogP contribution in [0.4, 0.5) is 0 Å². The number of aliphatic imine (C=N–C) groups is 1. The number of aromatic carboxylic acids is 1. The van der Waals surface area contributed by atoms with Crippen LogP contribution in [0.1, 0.15) is 59.1 Å². The molecule has 1 atom stereocenters. The van der Waals surface area contributed by atoms with Crippen molar-refractivity contribution in [3.63, 3.8) is 0 Å². The van der Waals surface area contributed by atoms with E-state index in [4.69, 9.17) is 9.98 Å². The molecule has 0 fully saturated rings. The first-order valence-electron chi connectivity index (χ1n) is 13.4. The van der Waals surface area contributed by atoms with Crippen LogP contribution >= 0.6 is 0 Å². The zero-order valence-electron chi connectivity index (χ0n) is 22.1. The molecule has 6 rings (SSSR count). The first-order chi connectivity index (χ1) is 18.4. The third kappa shape index (κ3) is 4.10. The third-order valence-electron chi connectivity index (χ3n) is 7.85. The Labute approximate surface area is 223 Å². The third-order valence-corrected chi connectivity index (χ3v) is 7.85. The van der Waals surface area contributed by atoms with Crippen molar-refractivity contribution in [1.82, 2.24) is 14.5 Å². The second kappa shape index (κ2) is 9.60. The zero-order chi connectivity index (χ0) is 26.4. The summed E-state index contributed by atoms with van der Waals surface area (Å²) < 4.78 is 2.23. The molecule has 1 aliphatic carbocycles. The number of allylic oxidation sites excluding steroid dienone is 1. The molecule has 2 heterocycles. The van der Waals surface area contributed by atoms with E-state index >= 15 is 0 Å². The number of hydrogen-bond acceptors (Lipinski definition) is 4. The van der Waals surface area contributed by atoms with Crippen LogP contribution in [0.25, 0.3) is 22.2 Å². The summed E-state index contributed by atoms with van der Waals surface area (Å²) in [7, 11) is 2.14. The molecule has 4 aromatic rings. The number of carboxylic acids is 1. The quantitative estimate of drug-likeness (QED) is 0.328. The van der Waals surface area contributed by atoms with Gasteiger partial charge in [0.2, 0.25) is 0 Å². The van der Waals surface area contributed by atoms with E-state index in [0.717, 1.165) is 69.8 Å². The second-order valence-electron chi connectivity index (χ2n) is 10.3. The number of carbonyl (C=O) groups is 1. The number of carboxylic acid groups (broad SMARTS) is 1. The van der Waals surface area contributed by atoms with Gasteiger partial charge in [-0.1, -0.05) is 55.5 Å². The summed E-state index contributed by atoms with van der Waals surface area (Å²) in [5.74, 6) is 1.08. The highest BCUT2D eigenvalue weighted by Gasteiger charge is 2.31. The number of nitrogens with zero attached hydrogens (tertiary/aromatic N) is 4. The van der Waals surface area contributed by atoms with Gasteiger partial charge in [-0.15, -0.1) is 0 Å². The van der Waals surface area contributed by atoms with Gasteiger partial charge < -0.3 is 14.6 Å². The summed E-state index contributed by atoms with van der Waals surface area (Å²) in [6.07, 6.45) is 6.50. The molecule has 0 saturated heterocycles. The minimum atomic E-state index is -0.923. The van der Waals surface area contributed by atoms with Gasteiger partial charge in [0.25, 0.3) is 0 Å². The van der Waals surface area contributed by atoms with E-state index in [1.807, 2.05) is 42.5 Å². The summed E-state index contributed by atoms with van der Waals surface area (Å²) >= 11 is 0. The lowest BCUT2D eigenvalue weighted by molar-refractivity contribution is 0.0697. The average Bonchev–Trinajstić information content (AvgIpc) is 3.47. The van der Waals surface area contributed by atoms with Gasteiger partial charge in [-0.25, -0.2) is 14.8 Å². The van der Waals surface area contributed by atoms with Gasteiger partial charge in [0, 0.05) is 25.6 Å². The largest absolute Gasteiger partial charge is 0.478 e. The normalized spacial score (nSPS) is 16.9. The number of aryl methyl sites for hydroxylation is 2. The number of fused-ring (bicyclic) bond motifs is 2. The lowest BCUT2D eigenvalue weighted by atomic mass is 9.97. The Morgan fingerprint density at radius 1 is 1.08 bits per heavy atom. The standard InChI is InChI=1S/C32H32N4O2/c1-4-29-34-30-20(2)16-23(31-33-26-12-8-9-13-27(26)35(31)3)18-28(30)36(29)19-21-14-15-24(25(17-21)32(37)38)22-10-6-5-7-11-22/h5-7,10-12,14-18,27H,4,8-9,13,19H2,1-3H3,(H,37,38). The molecule has 192 valence electrons. The van der Waals surface area contributed by atoms with E-state index in [-0.39, 0.29) is 0 Å². The SMILES string of the molecule is CCc1nc2c(C)cc(C3=NC4=CCCCC4N3C)cc2n1Cc1ccc(-c2ccccc2)c(C(=O)O)c1. The summed E-state index contributed by atoms with van der Waals surface area (Å²) in [5, 5.41) is 10.0. The van der Waals surface area contributed by atoms with E-state index in [2.05, 4.69) is 48.6 Å². The number of hydrogen-bond donors (Lipinski definition) is 1. The van der Waals surface area contributed by atoms with Crippen LogP contribution in [0.15, 0.2) is 77.4 Å². The molecule has 6 heteroatoms. The Bertz CT molecular complexity index is 1610. The topological polar surface area (TPSA) is 70.7 Å². The molecule has 0 radical (unpaired) electrons.